The molecule has 0 radical (unpaired) electrons. The zero-order valence-corrected chi connectivity index (χ0v) is 19.0. The summed E-state index contributed by atoms with van der Waals surface area (Å²) in [5.74, 6) is 0.0464. The van der Waals surface area contributed by atoms with E-state index in [1.54, 1.807) is 55.5 Å². The Bertz CT molecular complexity index is 1350. The Labute approximate surface area is 201 Å². The van der Waals surface area contributed by atoms with Gasteiger partial charge in [-0.05, 0) is 71.8 Å². The number of hydrazone groups is 1. The number of hydrogen-bond acceptors (Lipinski definition) is 5. The van der Waals surface area contributed by atoms with Gasteiger partial charge < -0.3 is 9.47 Å². The molecular weight excluding hydrogens is 452 g/mol. The standard InChI is InChI=1S/C27H21ClN2O4/c1-18(33-23-15-12-20-6-2-3-7-21(20)16-23)26(31)30-29-17-19-10-13-22(14-11-19)34-27(32)24-8-4-5-9-25(24)28/h2-18H,1H3,(H,30,31)/b29-17-/t18-/m0/s1. The average Bonchev–Trinajstić information content (AvgIpc) is 2.85. The molecule has 0 aliphatic heterocycles. The maximum Gasteiger partial charge on any atom is 0.345 e. The zero-order chi connectivity index (χ0) is 23.9. The number of hydrogen-bond donors (Lipinski definition) is 1. The minimum Gasteiger partial charge on any atom is -0.481 e. The molecule has 1 atom stereocenters. The number of halogens is 1. The first-order chi connectivity index (χ1) is 16.5. The van der Waals surface area contributed by atoms with Crippen molar-refractivity contribution in [2.75, 3.05) is 0 Å². The monoisotopic (exact) mass is 472 g/mol. The first-order valence-electron chi connectivity index (χ1n) is 10.5. The second-order valence-electron chi connectivity index (χ2n) is 7.44. The van der Waals surface area contributed by atoms with E-state index in [9.17, 15) is 9.59 Å². The predicted octanol–water partition coefficient (Wildman–Crippen LogP) is 5.63. The lowest BCUT2D eigenvalue weighted by molar-refractivity contribution is -0.127. The van der Waals surface area contributed by atoms with Gasteiger partial charge in [-0.15, -0.1) is 0 Å². The quantitative estimate of drug-likeness (QED) is 0.164. The lowest BCUT2D eigenvalue weighted by atomic mass is 10.1. The Morgan fingerprint density at radius 1 is 0.882 bits per heavy atom. The number of esters is 1. The Kier molecular flexibility index (Phi) is 7.20. The lowest BCUT2D eigenvalue weighted by Crippen LogP contribution is -2.33. The van der Waals surface area contributed by atoms with Crippen molar-refractivity contribution in [1.29, 1.82) is 0 Å². The van der Waals surface area contributed by atoms with Crippen LogP contribution in [0.4, 0.5) is 0 Å². The van der Waals surface area contributed by atoms with Gasteiger partial charge in [-0.25, -0.2) is 10.2 Å². The van der Waals surface area contributed by atoms with E-state index in [1.165, 1.54) is 6.21 Å². The van der Waals surface area contributed by atoms with Crippen LogP contribution in [0.15, 0.2) is 96.1 Å². The minimum atomic E-state index is -0.732. The molecule has 0 bridgehead atoms. The van der Waals surface area contributed by atoms with Crippen LogP contribution in [0.1, 0.15) is 22.8 Å². The van der Waals surface area contributed by atoms with E-state index in [4.69, 9.17) is 21.1 Å². The summed E-state index contributed by atoms with van der Waals surface area (Å²) in [7, 11) is 0. The summed E-state index contributed by atoms with van der Waals surface area (Å²) < 4.78 is 11.1. The van der Waals surface area contributed by atoms with Crippen LogP contribution in [0.3, 0.4) is 0 Å². The Hall–Kier alpha value is -4.16. The van der Waals surface area contributed by atoms with Crippen molar-refractivity contribution in [2.24, 2.45) is 5.10 Å². The smallest absolute Gasteiger partial charge is 0.345 e. The molecule has 170 valence electrons. The van der Waals surface area contributed by atoms with Gasteiger partial charge in [0.25, 0.3) is 5.91 Å². The third-order valence-electron chi connectivity index (χ3n) is 4.98. The van der Waals surface area contributed by atoms with E-state index in [-0.39, 0.29) is 11.5 Å². The van der Waals surface area contributed by atoms with Crippen LogP contribution in [-0.4, -0.2) is 24.2 Å². The van der Waals surface area contributed by atoms with Crippen molar-refractivity contribution in [3.05, 3.63) is 107 Å². The summed E-state index contributed by atoms with van der Waals surface area (Å²) in [5.41, 5.74) is 3.47. The third-order valence-corrected chi connectivity index (χ3v) is 5.31. The molecule has 4 aromatic carbocycles. The fraction of sp³-hybridized carbons (Fsp3) is 0.0741. The van der Waals surface area contributed by atoms with Gasteiger partial charge in [0.15, 0.2) is 6.10 Å². The highest BCUT2D eigenvalue weighted by Crippen LogP contribution is 2.22. The number of ether oxygens (including phenoxy) is 2. The van der Waals surface area contributed by atoms with E-state index in [0.29, 0.717) is 22.1 Å². The molecule has 1 amide bonds. The molecule has 0 saturated heterocycles. The summed E-state index contributed by atoms with van der Waals surface area (Å²) in [6.45, 7) is 1.65. The molecule has 0 aliphatic carbocycles. The van der Waals surface area contributed by atoms with E-state index in [0.717, 1.165) is 10.8 Å². The average molecular weight is 473 g/mol. The van der Waals surface area contributed by atoms with Crippen LogP contribution in [-0.2, 0) is 4.79 Å². The Morgan fingerprint density at radius 2 is 1.56 bits per heavy atom. The number of carbonyl (C=O) groups excluding carboxylic acids is 2. The Balaban J connectivity index is 1.29. The lowest BCUT2D eigenvalue weighted by Gasteiger charge is -2.13. The number of benzene rings is 4. The molecule has 1 N–H and O–H groups in total. The minimum absolute atomic E-state index is 0.289. The summed E-state index contributed by atoms with van der Waals surface area (Å²) in [5, 5.41) is 6.43. The van der Waals surface area contributed by atoms with Gasteiger partial charge in [0.1, 0.15) is 11.5 Å². The summed E-state index contributed by atoms with van der Waals surface area (Å²) in [4.78, 5) is 24.6. The van der Waals surface area contributed by atoms with Crippen LogP contribution < -0.4 is 14.9 Å². The largest absolute Gasteiger partial charge is 0.481 e. The highest BCUT2D eigenvalue weighted by atomic mass is 35.5. The first-order valence-corrected chi connectivity index (χ1v) is 10.9. The van der Waals surface area contributed by atoms with Gasteiger partial charge in [0.05, 0.1) is 16.8 Å². The van der Waals surface area contributed by atoms with E-state index in [2.05, 4.69) is 10.5 Å². The van der Waals surface area contributed by atoms with Crippen LogP contribution >= 0.6 is 11.6 Å². The van der Waals surface area contributed by atoms with Crippen LogP contribution in [0.5, 0.6) is 11.5 Å². The molecule has 4 aromatic rings. The van der Waals surface area contributed by atoms with Gasteiger partial charge in [0, 0.05) is 0 Å². The number of nitrogens with zero attached hydrogens (tertiary/aromatic N) is 1. The molecule has 0 fully saturated rings. The van der Waals surface area contributed by atoms with Gasteiger partial charge >= 0.3 is 5.97 Å². The molecular formula is C27H21ClN2O4. The van der Waals surface area contributed by atoms with Crippen molar-refractivity contribution >= 4 is 40.5 Å². The highest BCUT2D eigenvalue weighted by Gasteiger charge is 2.14. The molecule has 0 aliphatic rings. The summed E-state index contributed by atoms with van der Waals surface area (Å²) in [6.07, 6.45) is 0.755. The van der Waals surface area contributed by atoms with Gasteiger partial charge in [0.2, 0.25) is 0 Å². The van der Waals surface area contributed by atoms with Crippen LogP contribution in [0.25, 0.3) is 10.8 Å². The fourth-order valence-electron chi connectivity index (χ4n) is 3.17. The first kappa shape index (κ1) is 23.0. The van der Waals surface area contributed by atoms with Crippen LogP contribution in [0, 0.1) is 0 Å². The molecule has 0 aromatic heterocycles. The van der Waals surface area contributed by atoms with Crippen molar-refractivity contribution < 1.29 is 19.1 Å². The summed E-state index contributed by atoms with van der Waals surface area (Å²) in [6, 6.07) is 26.9. The second-order valence-corrected chi connectivity index (χ2v) is 7.85. The van der Waals surface area contributed by atoms with Crippen molar-refractivity contribution in [3.63, 3.8) is 0 Å². The predicted molar refractivity (Wildman–Crippen MR) is 133 cm³/mol. The molecule has 0 saturated carbocycles. The number of rotatable bonds is 7. The van der Waals surface area contributed by atoms with Gasteiger partial charge in [-0.3, -0.25) is 4.79 Å². The van der Waals surface area contributed by atoms with Crippen molar-refractivity contribution in [1.82, 2.24) is 5.43 Å². The maximum atomic E-state index is 12.3. The van der Waals surface area contributed by atoms with E-state index < -0.39 is 12.1 Å². The van der Waals surface area contributed by atoms with E-state index >= 15 is 0 Å². The third kappa shape index (κ3) is 5.79. The van der Waals surface area contributed by atoms with Crippen molar-refractivity contribution in [2.45, 2.75) is 13.0 Å². The van der Waals surface area contributed by atoms with Gasteiger partial charge in [-0.1, -0.05) is 54.1 Å². The molecule has 6 nitrogen and oxygen atoms in total. The number of amides is 1. The van der Waals surface area contributed by atoms with Crippen LogP contribution in [0.2, 0.25) is 5.02 Å². The summed E-state index contributed by atoms with van der Waals surface area (Å²) >= 11 is 6.02. The van der Waals surface area contributed by atoms with E-state index in [1.807, 2.05) is 42.5 Å². The van der Waals surface area contributed by atoms with Gasteiger partial charge in [-0.2, -0.15) is 5.10 Å². The second kappa shape index (κ2) is 10.6. The molecule has 34 heavy (non-hydrogen) atoms. The SMILES string of the molecule is C[C@H](Oc1ccc2ccccc2c1)C(=O)N/N=C\c1ccc(OC(=O)c2ccccc2Cl)cc1. The normalized spacial score (nSPS) is 11.8. The molecule has 0 heterocycles. The highest BCUT2D eigenvalue weighted by molar-refractivity contribution is 6.33. The Morgan fingerprint density at radius 3 is 2.32 bits per heavy atom. The fourth-order valence-corrected chi connectivity index (χ4v) is 3.38. The number of fused-ring (bicyclic) bond motifs is 1. The maximum absolute atomic E-state index is 12.3. The zero-order valence-electron chi connectivity index (χ0n) is 18.3. The molecule has 0 spiro atoms. The number of carbonyl (C=O) groups is 2. The molecule has 7 heteroatoms. The molecule has 4 rings (SSSR count). The molecule has 0 unspecified atom stereocenters. The topological polar surface area (TPSA) is 77.0 Å². The van der Waals surface area contributed by atoms with Crippen molar-refractivity contribution in [3.8, 4) is 11.5 Å². The number of nitrogens with one attached hydrogen (secondary N) is 1.